The van der Waals surface area contributed by atoms with Gasteiger partial charge >= 0.3 is 0 Å². The Morgan fingerprint density at radius 3 is 2.56 bits per heavy atom. The number of anilines is 1. The molecule has 36 heavy (non-hydrogen) atoms. The van der Waals surface area contributed by atoms with E-state index in [0.29, 0.717) is 0 Å². The van der Waals surface area contributed by atoms with E-state index in [4.69, 9.17) is 0 Å². The zero-order valence-electron chi connectivity index (χ0n) is 19.9. The second-order valence-corrected chi connectivity index (χ2v) is 8.84. The van der Waals surface area contributed by atoms with E-state index in [9.17, 15) is 0 Å². The molecule has 5 aromatic heterocycles. The molecule has 0 radical (unpaired) electrons. The Hall–Kier alpha value is -4.78. The molecule has 0 atom stereocenters. The van der Waals surface area contributed by atoms with Crippen molar-refractivity contribution in [2.24, 2.45) is 0 Å². The van der Waals surface area contributed by atoms with E-state index in [1.54, 1.807) is 12.4 Å². The molecule has 0 saturated carbocycles. The molecule has 176 valence electrons. The highest BCUT2D eigenvalue weighted by atomic mass is 15.1. The molecule has 0 fully saturated rings. The molecule has 5 heterocycles. The Labute approximate surface area is 208 Å². The monoisotopic (exact) mass is 471 g/mol. The first-order valence-electron chi connectivity index (χ1n) is 12.0. The predicted molar refractivity (Wildman–Crippen MR) is 145 cm³/mol. The fraction of sp³-hybridized carbons (Fsp3) is 0.103. The summed E-state index contributed by atoms with van der Waals surface area (Å²) in [5, 5.41) is 13.3. The lowest BCUT2D eigenvalue weighted by Crippen LogP contribution is -1.98. The quantitative estimate of drug-likeness (QED) is 0.234. The van der Waals surface area contributed by atoms with Gasteiger partial charge in [0.1, 0.15) is 5.69 Å². The molecule has 0 unspecified atom stereocenters. The van der Waals surface area contributed by atoms with Gasteiger partial charge in [-0.15, -0.1) is 0 Å². The Bertz CT molecular complexity index is 1700. The number of fused-ring (bicyclic) bond motifs is 2. The third kappa shape index (κ3) is 4.01. The first-order chi connectivity index (χ1) is 17.7. The molecule has 1 aromatic carbocycles. The van der Waals surface area contributed by atoms with Gasteiger partial charge in [-0.25, -0.2) is 0 Å². The maximum absolute atomic E-state index is 4.65. The summed E-state index contributed by atoms with van der Waals surface area (Å²) in [6.45, 7) is 6.24. The first-order valence-corrected chi connectivity index (χ1v) is 12.0. The van der Waals surface area contributed by atoms with Crippen LogP contribution in [0.25, 0.3) is 55.4 Å². The normalized spacial score (nSPS) is 11.2. The largest absolute Gasteiger partial charge is 0.358 e. The van der Waals surface area contributed by atoms with Crippen LogP contribution >= 0.6 is 0 Å². The standard InChI is InChI=1S/C29H25N7/c1-3-4-18(2)33-22-11-21(14-31-15-22)20-5-6-26-24(12-20)29(36-35-26)27-13-23-25(16-32-17-28(23)34-27)19-7-9-30-10-8-19/h5-17,33-34H,2-4H2,1H3,(H,35,36). The van der Waals surface area contributed by atoms with Crippen LogP contribution in [0.3, 0.4) is 0 Å². The summed E-state index contributed by atoms with van der Waals surface area (Å²) in [6, 6.07) is 14.5. The van der Waals surface area contributed by atoms with Gasteiger partial charge in [0.05, 0.1) is 34.8 Å². The van der Waals surface area contributed by atoms with Crippen molar-refractivity contribution in [1.82, 2.24) is 30.1 Å². The molecule has 0 amide bonds. The summed E-state index contributed by atoms with van der Waals surface area (Å²) in [7, 11) is 0. The molecule has 0 aliphatic carbocycles. The van der Waals surface area contributed by atoms with Gasteiger partial charge < -0.3 is 10.3 Å². The number of aromatic amines is 2. The number of benzene rings is 1. The Kier molecular flexibility index (Phi) is 5.50. The number of hydrogen-bond donors (Lipinski definition) is 3. The van der Waals surface area contributed by atoms with Crippen molar-refractivity contribution in [3.05, 3.63) is 91.9 Å². The van der Waals surface area contributed by atoms with Gasteiger partial charge in [0, 0.05) is 52.4 Å². The van der Waals surface area contributed by atoms with E-state index in [2.05, 4.69) is 79.3 Å². The van der Waals surface area contributed by atoms with Crippen LogP contribution in [-0.2, 0) is 0 Å². The molecule has 0 aliphatic rings. The summed E-state index contributed by atoms with van der Waals surface area (Å²) in [6.07, 6.45) is 13.0. The van der Waals surface area contributed by atoms with Gasteiger partial charge in [-0.1, -0.05) is 26.0 Å². The van der Waals surface area contributed by atoms with Crippen LogP contribution in [-0.4, -0.2) is 30.1 Å². The molecule has 6 aromatic rings. The lowest BCUT2D eigenvalue weighted by Gasteiger charge is -2.10. The van der Waals surface area contributed by atoms with E-state index in [-0.39, 0.29) is 0 Å². The molecular weight excluding hydrogens is 446 g/mol. The number of pyridine rings is 3. The summed E-state index contributed by atoms with van der Waals surface area (Å²) in [5.41, 5.74) is 9.87. The second-order valence-electron chi connectivity index (χ2n) is 8.84. The van der Waals surface area contributed by atoms with E-state index in [1.165, 1.54) is 0 Å². The van der Waals surface area contributed by atoms with Crippen LogP contribution in [0.1, 0.15) is 19.8 Å². The summed E-state index contributed by atoms with van der Waals surface area (Å²) >= 11 is 0. The Morgan fingerprint density at radius 1 is 0.833 bits per heavy atom. The molecule has 7 heteroatoms. The second kappa shape index (κ2) is 9.11. The zero-order chi connectivity index (χ0) is 24.5. The van der Waals surface area contributed by atoms with E-state index in [0.717, 1.165) is 79.7 Å². The molecule has 0 bridgehead atoms. The van der Waals surface area contributed by atoms with Crippen molar-refractivity contribution < 1.29 is 0 Å². The van der Waals surface area contributed by atoms with E-state index in [1.807, 2.05) is 36.9 Å². The van der Waals surface area contributed by atoms with Crippen molar-refractivity contribution >= 4 is 27.5 Å². The van der Waals surface area contributed by atoms with Gasteiger partial charge in [0.2, 0.25) is 0 Å². The van der Waals surface area contributed by atoms with Gasteiger partial charge in [0.15, 0.2) is 0 Å². The fourth-order valence-electron chi connectivity index (χ4n) is 4.57. The Balaban J connectivity index is 1.40. The molecule has 0 saturated heterocycles. The highest BCUT2D eigenvalue weighted by molar-refractivity contribution is 6.01. The number of nitrogens with zero attached hydrogens (tertiary/aromatic N) is 4. The maximum Gasteiger partial charge on any atom is 0.116 e. The van der Waals surface area contributed by atoms with Crippen molar-refractivity contribution in [3.63, 3.8) is 0 Å². The van der Waals surface area contributed by atoms with Gasteiger partial charge in [0.25, 0.3) is 0 Å². The number of rotatable bonds is 7. The SMILES string of the molecule is C=C(CCC)Nc1cncc(-c2ccc3[nH]nc(-c4cc5c(-c6ccncc6)cncc5[nH]4)c3c2)c1. The summed E-state index contributed by atoms with van der Waals surface area (Å²) in [5.74, 6) is 0. The van der Waals surface area contributed by atoms with Crippen LogP contribution in [0.2, 0.25) is 0 Å². The van der Waals surface area contributed by atoms with E-state index >= 15 is 0 Å². The summed E-state index contributed by atoms with van der Waals surface area (Å²) in [4.78, 5) is 16.5. The minimum Gasteiger partial charge on any atom is -0.358 e. The Morgan fingerprint density at radius 2 is 1.69 bits per heavy atom. The number of hydrogen-bond acceptors (Lipinski definition) is 5. The predicted octanol–water partition coefficient (Wildman–Crippen LogP) is 6.96. The highest BCUT2D eigenvalue weighted by Gasteiger charge is 2.15. The van der Waals surface area contributed by atoms with E-state index < -0.39 is 0 Å². The average Bonchev–Trinajstić information content (AvgIpc) is 3.53. The molecule has 6 rings (SSSR count). The molecule has 3 N–H and O–H groups in total. The van der Waals surface area contributed by atoms with Crippen molar-refractivity contribution in [1.29, 1.82) is 0 Å². The number of H-pyrrole nitrogens is 2. The number of allylic oxidation sites excluding steroid dienone is 1. The molecule has 7 nitrogen and oxygen atoms in total. The fourth-order valence-corrected chi connectivity index (χ4v) is 4.57. The van der Waals surface area contributed by atoms with Gasteiger partial charge in [-0.3, -0.25) is 20.1 Å². The highest BCUT2D eigenvalue weighted by Crippen LogP contribution is 2.35. The lowest BCUT2D eigenvalue weighted by atomic mass is 10.0. The van der Waals surface area contributed by atoms with Gasteiger partial charge in [-0.05, 0) is 53.9 Å². The third-order valence-corrected chi connectivity index (χ3v) is 6.30. The molecule has 0 spiro atoms. The molecule has 0 aliphatic heterocycles. The van der Waals surface area contributed by atoms with Gasteiger partial charge in [-0.2, -0.15) is 5.10 Å². The maximum atomic E-state index is 4.65. The number of aromatic nitrogens is 6. The zero-order valence-corrected chi connectivity index (χ0v) is 19.9. The molecular formula is C29H25N7. The van der Waals surface area contributed by atoms with Crippen molar-refractivity contribution in [2.45, 2.75) is 19.8 Å². The van der Waals surface area contributed by atoms with Crippen LogP contribution < -0.4 is 5.32 Å². The smallest absolute Gasteiger partial charge is 0.116 e. The lowest BCUT2D eigenvalue weighted by molar-refractivity contribution is 0.913. The topological polar surface area (TPSA) is 95.2 Å². The minimum atomic E-state index is 0.863. The van der Waals surface area contributed by atoms with Crippen LogP contribution in [0, 0.1) is 0 Å². The minimum absolute atomic E-state index is 0.863. The van der Waals surface area contributed by atoms with Crippen molar-refractivity contribution in [3.8, 4) is 33.6 Å². The average molecular weight is 472 g/mol. The summed E-state index contributed by atoms with van der Waals surface area (Å²) < 4.78 is 0. The first kappa shape index (κ1) is 21.7. The van der Waals surface area contributed by atoms with Crippen LogP contribution in [0.5, 0.6) is 0 Å². The van der Waals surface area contributed by atoms with Crippen molar-refractivity contribution in [2.75, 3.05) is 5.32 Å². The third-order valence-electron chi connectivity index (χ3n) is 6.30. The number of nitrogens with one attached hydrogen (secondary N) is 3. The van der Waals surface area contributed by atoms with Crippen LogP contribution in [0.15, 0.2) is 91.9 Å². The van der Waals surface area contributed by atoms with Crippen LogP contribution in [0.4, 0.5) is 5.69 Å².